The van der Waals surface area contributed by atoms with Gasteiger partial charge in [0.1, 0.15) is 0 Å². The van der Waals surface area contributed by atoms with Crippen LogP contribution in [-0.4, -0.2) is 49.9 Å². The van der Waals surface area contributed by atoms with Gasteiger partial charge in [0.05, 0.1) is 0 Å². The molecule has 2 rings (SSSR count). The van der Waals surface area contributed by atoms with Crippen LogP contribution in [0.15, 0.2) is 24.3 Å². The van der Waals surface area contributed by atoms with Crippen LogP contribution in [-0.2, 0) is 4.79 Å². The number of rotatable bonds is 4. The molecular weight excluding hydrogens is 290 g/mol. The molecular formula is C18H27N3O2. The summed E-state index contributed by atoms with van der Waals surface area (Å²) in [5, 5.41) is 3.04. The quantitative estimate of drug-likeness (QED) is 0.925. The van der Waals surface area contributed by atoms with Crippen molar-refractivity contribution in [3.05, 3.63) is 29.8 Å². The summed E-state index contributed by atoms with van der Waals surface area (Å²) in [6.07, 6.45) is 1.85. The molecule has 0 spiro atoms. The number of carbonyl (C=O) groups excluding carboxylic acids is 2. The maximum absolute atomic E-state index is 12.6. The number of nitrogens with zero attached hydrogens (tertiary/aromatic N) is 2. The summed E-state index contributed by atoms with van der Waals surface area (Å²) in [4.78, 5) is 28.3. The summed E-state index contributed by atoms with van der Waals surface area (Å²) in [5.74, 6) is 0.0677. The highest BCUT2D eigenvalue weighted by Gasteiger charge is 2.26. The summed E-state index contributed by atoms with van der Waals surface area (Å²) in [6, 6.07) is 7.70. The average molecular weight is 317 g/mol. The van der Waals surface area contributed by atoms with Crippen molar-refractivity contribution < 1.29 is 9.59 Å². The Morgan fingerprint density at radius 1 is 1.22 bits per heavy atom. The van der Waals surface area contributed by atoms with Crippen LogP contribution in [0.25, 0.3) is 0 Å². The molecule has 5 nitrogen and oxygen atoms in total. The minimum atomic E-state index is -0.0281. The third-order valence-electron chi connectivity index (χ3n) is 4.21. The third-order valence-corrected chi connectivity index (χ3v) is 4.21. The Kier molecular flexibility index (Phi) is 5.64. The lowest BCUT2D eigenvalue weighted by Crippen LogP contribution is -2.50. The first-order valence-electron chi connectivity index (χ1n) is 8.25. The van der Waals surface area contributed by atoms with E-state index in [1.165, 1.54) is 0 Å². The van der Waals surface area contributed by atoms with Gasteiger partial charge in [-0.2, -0.15) is 0 Å². The van der Waals surface area contributed by atoms with E-state index in [0.717, 1.165) is 25.1 Å². The molecule has 1 aliphatic heterocycles. The Morgan fingerprint density at radius 3 is 2.43 bits per heavy atom. The summed E-state index contributed by atoms with van der Waals surface area (Å²) in [6.45, 7) is 5.11. The number of hydrogen-bond donors (Lipinski definition) is 1. The highest BCUT2D eigenvalue weighted by Crippen LogP contribution is 2.17. The molecule has 0 aromatic heterocycles. The van der Waals surface area contributed by atoms with Crippen LogP contribution in [0.2, 0.25) is 0 Å². The van der Waals surface area contributed by atoms with Gasteiger partial charge in [0.15, 0.2) is 0 Å². The number of piperidine rings is 1. The van der Waals surface area contributed by atoms with Crippen LogP contribution in [0.3, 0.4) is 0 Å². The van der Waals surface area contributed by atoms with Gasteiger partial charge in [-0.3, -0.25) is 9.59 Å². The molecule has 1 fully saturated rings. The van der Waals surface area contributed by atoms with E-state index < -0.39 is 0 Å². The van der Waals surface area contributed by atoms with Gasteiger partial charge < -0.3 is 15.1 Å². The highest BCUT2D eigenvalue weighted by molar-refractivity contribution is 5.94. The maximum Gasteiger partial charge on any atom is 0.253 e. The standard InChI is InChI=1S/C18H27N3O2/c1-13(2)17(22)19-15-6-5-11-21(12-15)18(23)14-7-9-16(10-8-14)20(3)4/h7-10,13,15H,5-6,11-12H2,1-4H3,(H,19,22)/t15-/m0/s1. The molecule has 1 N–H and O–H groups in total. The fraction of sp³-hybridized carbons (Fsp3) is 0.556. The van der Waals surface area contributed by atoms with E-state index in [1.54, 1.807) is 0 Å². The number of likely N-dealkylation sites (tertiary alicyclic amines) is 1. The predicted molar refractivity (Wildman–Crippen MR) is 92.7 cm³/mol. The average Bonchev–Trinajstić information content (AvgIpc) is 2.54. The Bertz CT molecular complexity index is 552. The van der Waals surface area contributed by atoms with Gasteiger partial charge in [-0.15, -0.1) is 0 Å². The van der Waals surface area contributed by atoms with E-state index in [4.69, 9.17) is 0 Å². The fourth-order valence-corrected chi connectivity index (χ4v) is 2.73. The van der Waals surface area contributed by atoms with Crippen molar-refractivity contribution in [2.45, 2.75) is 32.7 Å². The van der Waals surface area contributed by atoms with Crippen LogP contribution in [0.5, 0.6) is 0 Å². The fourth-order valence-electron chi connectivity index (χ4n) is 2.73. The number of amides is 2. The normalized spacial score (nSPS) is 18.0. The topological polar surface area (TPSA) is 52.7 Å². The Labute approximate surface area is 138 Å². The van der Waals surface area contributed by atoms with Crippen molar-refractivity contribution >= 4 is 17.5 Å². The van der Waals surface area contributed by atoms with Gasteiger partial charge in [-0.25, -0.2) is 0 Å². The zero-order valence-corrected chi connectivity index (χ0v) is 14.5. The molecule has 126 valence electrons. The summed E-state index contributed by atoms with van der Waals surface area (Å²) in [5.41, 5.74) is 1.77. The second kappa shape index (κ2) is 7.49. The molecule has 1 aromatic carbocycles. The van der Waals surface area contributed by atoms with Crippen LogP contribution < -0.4 is 10.2 Å². The van der Waals surface area contributed by atoms with Crippen LogP contribution >= 0.6 is 0 Å². The third kappa shape index (κ3) is 4.47. The molecule has 1 aliphatic rings. The number of nitrogens with one attached hydrogen (secondary N) is 1. The molecule has 1 aromatic rings. The summed E-state index contributed by atoms with van der Waals surface area (Å²) in [7, 11) is 3.95. The van der Waals surface area contributed by atoms with E-state index in [1.807, 2.05) is 62.0 Å². The minimum Gasteiger partial charge on any atom is -0.378 e. The second-order valence-electron chi connectivity index (χ2n) is 6.69. The molecule has 0 radical (unpaired) electrons. The van der Waals surface area contributed by atoms with E-state index in [0.29, 0.717) is 12.1 Å². The largest absolute Gasteiger partial charge is 0.378 e. The number of hydrogen-bond acceptors (Lipinski definition) is 3. The summed E-state index contributed by atoms with van der Waals surface area (Å²) < 4.78 is 0. The molecule has 1 heterocycles. The van der Waals surface area contributed by atoms with Crippen molar-refractivity contribution in [2.75, 3.05) is 32.1 Å². The second-order valence-corrected chi connectivity index (χ2v) is 6.69. The van der Waals surface area contributed by atoms with Crippen LogP contribution in [0, 0.1) is 5.92 Å². The Hall–Kier alpha value is -2.04. The van der Waals surface area contributed by atoms with E-state index in [2.05, 4.69) is 5.32 Å². The van der Waals surface area contributed by atoms with Gasteiger partial charge >= 0.3 is 0 Å². The highest BCUT2D eigenvalue weighted by atomic mass is 16.2. The molecule has 0 unspecified atom stereocenters. The van der Waals surface area contributed by atoms with Crippen LogP contribution in [0.1, 0.15) is 37.0 Å². The lowest BCUT2D eigenvalue weighted by Gasteiger charge is -2.33. The number of carbonyl (C=O) groups is 2. The van der Waals surface area contributed by atoms with E-state index in [-0.39, 0.29) is 23.8 Å². The van der Waals surface area contributed by atoms with Crippen molar-refractivity contribution in [1.82, 2.24) is 10.2 Å². The SMILES string of the molecule is CC(C)C(=O)N[C@H]1CCCN(C(=O)c2ccc(N(C)C)cc2)C1. The number of anilines is 1. The Balaban J connectivity index is 2.00. The maximum atomic E-state index is 12.6. The lowest BCUT2D eigenvalue weighted by molar-refractivity contribution is -0.125. The van der Waals surface area contributed by atoms with Crippen LogP contribution in [0.4, 0.5) is 5.69 Å². The molecule has 1 saturated heterocycles. The van der Waals surface area contributed by atoms with Gasteiger partial charge in [0.2, 0.25) is 5.91 Å². The first-order chi connectivity index (χ1) is 10.9. The van der Waals surface area contributed by atoms with E-state index in [9.17, 15) is 9.59 Å². The number of benzene rings is 1. The minimum absolute atomic E-state index is 0.0281. The monoisotopic (exact) mass is 317 g/mol. The molecule has 5 heteroatoms. The zero-order valence-electron chi connectivity index (χ0n) is 14.5. The van der Waals surface area contributed by atoms with Gasteiger partial charge in [-0.05, 0) is 37.1 Å². The Morgan fingerprint density at radius 2 is 1.87 bits per heavy atom. The van der Waals surface area contributed by atoms with E-state index >= 15 is 0 Å². The van der Waals surface area contributed by atoms with Crippen molar-refractivity contribution in [3.8, 4) is 0 Å². The van der Waals surface area contributed by atoms with Crippen molar-refractivity contribution in [2.24, 2.45) is 5.92 Å². The first-order valence-corrected chi connectivity index (χ1v) is 8.25. The molecule has 1 atom stereocenters. The molecule has 0 saturated carbocycles. The predicted octanol–water partition coefficient (Wildman–Crippen LogP) is 2.13. The molecule has 2 amide bonds. The first kappa shape index (κ1) is 17.3. The molecule has 0 aliphatic carbocycles. The van der Waals surface area contributed by atoms with Crippen molar-refractivity contribution in [3.63, 3.8) is 0 Å². The molecule has 0 bridgehead atoms. The smallest absolute Gasteiger partial charge is 0.253 e. The van der Waals surface area contributed by atoms with Gasteiger partial charge in [0.25, 0.3) is 5.91 Å². The van der Waals surface area contributed by atoms with Crippen molar-refractivity contribution in [1.29, 1.82) is 0 Å². The molecule has 23 heavy (non-hydrogen) atoms. The zero-order chi connectivity index (χ0) is 17.0. The summed E-state index contributed by atoms with van der Waals surface area (Å²) >= 11 is 0. The van der Waals surface area contributed by atoms with Gasteiger partial charge in [0, 0.05) is 50.4 Å². The van der Waals surface area contributed by atoms with Gasteiger partial charge in [-0.1, -0.05) is 13.8 Å². The lowest BCUT2D eigenvalue weighted by atomic mass is 10.0.